The predicted molar refractivity (Wildman–Crippen MR) is 110 cm³/mol. The Morgan fingerprint density at radius 2 is 1.79 bits per heavy atom. The van der Waals surface area contributed by atoms with Gasteiger partial charge in [-0.3, -0.25) is 14.5 Å². The summed E-state index contributed by atoms with van der Waals surface area (Å²) in [6, 6.07) is 17.5. The van der Waals surface area contributed by atoms with Crippen LogP contribution < -0.4 is 14.8 Å². The van der Waals surface area contributed by atoms with Crippen LogP contribution in [0.2, 0.25) is 0 Å². The maximum Gasteiger partial charge on any atom is 0.261 e. The van der Waals surface area contributed by atoms with Crippen molar-refractivity contribution in [3.63, 3.8) is 0 Å². The van der Waals surface area contributed by atoms with Crippen molar-refractivity contribution in [2.45, 2.75) is 17.9 Å². The quantitative estimate of drug-likeness (QED) is 0.621. The number of benzene rings is 2. The first-order valence-electron chi connectivity index (χ1n) is 8.88. The highest BCUT2D eigenvalue weighted by Gasteiger charge is 2.18. The van der Waals surface area contributed by atoms with Gasteiger partial charge in [-0.15, -0.1) is 0 Å². The van der Waals surface area contributed by atoms with E-state index in [4.69, 9.17) is 4.74 Å². The second kappa shape index (κ2) is 8.74. The number of hydrogen-bond acceptors (Lipinski definition) is 5. The van der Waals surface area contributed by atoms with E-state index in [9.17, 15) is 13.2 Å². The molecule has 0 bridgehead atoms. The van der Waals surface area contributed by atoms with Crippen LogP contribution in [0.5, 0.6) is 5.75 Å². The molecule has 0 fully saturated rings. The Balaban J connectivity index is 1.76. The molecule has 0 radical (unpaired) electrons. The molecule has 0 aliphatic heterocycles. The van der Waals surface area contributed by atoms with E-state index >= 15 is 0 Å². The van der Waals surface area contributed by atoms with Gasteiger partial charge in [0.15, 0.2) is 0 Å². The van der Waals surface area contributed by atoms with Gasteiger partial charge in [-0.2, -0.15) is 0 Å². The van der Waals surface area contributed by atoms with Crippen LogP contribution in [0.15, 0.2) is 77.8 Å². The molecule has 0 unspecified atom stereocenters. The van der Waals surface area contributed by atoms with Gasteiger partial charge in [0.2, 0.25) is 0 Å². The Morgan fingerprint density at radius 1 is 1.03 bits per heavy atom. The summed E-state index contributed by atoms with van der Waals surface area (Å²) in [7, 11) is -2.32. The van der Waals surface area contributed by atoms with E-state index in [2.05, 4.69) is 15.0 Å². The number of sulfonamides is 1. The fraction of sp³-hybridized carbons (Fsp3) is 0.143. The molecule has 0 saturated carbocycles. The SMILES string of the molecule is COc1ccc(NS(=O)(=O)c2cccc(C(=O)N[C@H](C)c3ccccn3)c2)cc1. The molecule has 3 aromatic rings. The van der Waals surface area contributed by atoms with Gasteiger partial charge in [0, 0.05) is 17.4 Å². The number of ether oxygens (including phenoxy) is 1. The zero-order chi connectivity index (χ0) is 20.9. The van der Waals surface area contributed by atoms with Gasteiger partial charge >= 0.3 is 0 Å². The minimum atomic E-state index is -3.85. The maximum absolute atomic E-state index is 12.7. The summed E-state index contributed by atoms with van der Waals surface area (Å²) in [4.78, 5) is 16.8. The van der Waals surface area contributed by atoms with Gasteiger partial charge in [0.05, 0.1) is 23.7 Å². The average molecular weight is 411 g/mol. The number of methoxy groups -OCH3 is 1. The smallest absolute Gasteiger partial charge is 0.261 e. The molecule has 3 rings (SSSR count). The third kappa shape index (κ3) is 5.11. The second-order valence-corrected chi connectivity index (χ2v) is 7.99. The lowest BCUT2D eigenvalue weighted by atomic mass is 10.1. The second-order valence-electron chi connectivity index (χ2n) is 6.31. The maximum atomic E-state index is 12.7. The van der Waals surface area contributed by atoms with Gasteiger partial charge in [-0.25, -0.2) is 8.42 Å². The normalized spacial score (nSPS) is 12.1. The van der Waals surface area contributed by atoms with Crippen LogP contribution in [0.3, 0.4) is 0 Å². The van der Waals surface area contributed by atoms with Crippen LogP contribution in [0.1, 0.15) is 29.0 Å². The van der Waals surface area contributed by atoms with E-state index < -0.39 is 10.0 Å². The molecule has 2 N–H and O–H groups in total. The molecule has 8 heteroatoms. The molecular formula is C21H21N3O4S. The fourth-order valence-electron chi connectivity index (χ4n) is 2.66. The Labute approximate surface area is 169 Å². The van der Waals surface area contributed by atoms with Crippen LogP contribution in [0.4, 0.5) is 5.69 Å². The molecule has 150 valence electrons. The predicted octanol–water partition coefficient (Wildman–Crippen LogP) is 3.38. The van der Waals surface area contributed by atoms with Crippen molar-refractivity contribution in [3.8, 4) is 5.75 Å². The molecule has 1 heterocycles. The number of aromatic nitrogens is 1. The number of carbonyl (C=O) groups excluding carboxylic acids is 1. The lowest BCUT2D eigenvalue weighted by Gasteiger charge is -2.14. The molecule has 1 amide bonds. The Bertz CT molecular complexity index is 1080. The summed E-state index contributed by atoms with van der Waals surface area (Å²) >= 11 is 0. The van der Waals surface area contributed by atoms with Crippen molar-refractivity contribution in [1.29, 1.82) is 0 Å². The first-order valence-corrected chi connectivity index (χ1v) is 10.4. The average Bonchev–Trinajstić information content (AvgIpc) is 2.74. The molecule has 0 aliphatic carbocycles. The largest absolute Gasteiger partial charge is 0.497 e. The van der Waals surface area contributed by atoms with Gasteiger partial charge in [-0.1, -0.05) is 12.1 Å². The Morgan fingerprint density at radius 3 is 2.45 bits per heavy atom. The lowest BCUT2D eigenvalue weighted by Crippen LogP contribution is -2.27. The number of rotatable bonds is 7. The van der Waals surface area contributed by atoms with Crippen LogP contribution in [-0.4, -0.2) is 26.4 Å². The van der Waals surface area contributed by atoms with E-state index in [-0.39, 0.29) is 22.4 Å². The number of pyridine rings is 1. The molecule has 29 heavy (non-hydrogen) atoms. The molecule has 2 aromatic carbocycles. The van der Waals surface area contributed by atoms with Crippen molar-refractivity contribution < 1.29 is 17.9 Å². The number of carbonyl (C=O) groups is 1. The van der Waals surface area contributed by atoms with Crippen LogP contribution >= 0.6 is 0 Å². The van der Waals surface area contributed by atoms with E-state index in [0.717, 1.165) is 0 Å². The van der Waals surface area contributed by atoms with Gasteiger partial charge in [-0.05, 0) is 61.5 Å². The van der Waals surface area contributed by atoms with E-state index in [1.54, 1.807) is 42.6 Å². The minimum Gasteiger partial charge on any atom is -0.497 e. The first-order chi connectivity index (χ1) is 13.9. The monoisotopic (exact) mass is 411 g/mol. The standard InChI is InChI=1S/C21H21N3O4S/c1-15(20-8-3-4-13-22-20)23-21(25)16-6-5-7-19(14-16)29(26,27)24-17-9-11-18(28-2)12-10-17/h3-15,24H,1-2H3,(H,23,25)/t15-/m1/s1. The fourth-order valence-corrected chi connectivity index (χ4v) is 3.77. The highest BCUT2D eigenvalue weighted by Crippen LogP contribution is 2.20. The number of hydrogen-bond donors (Lipinski definition) is 2. The molecule has 0 saturated heterocycles. The topological polar surface area (TPSA) is 97.4 Å². The summed E-state index contributed by atoms with van der Waals surface area (Å²) < 4.78 is 32.9. The van der Waals surface area contributed by atoms with Crippen molar-refractivity contribution in [2.75, 3.05) is 11.8 Å². The van der Waals surface area contributed by atoms with Crippen molar-refractivity contribution in [1.82, 2.24) is 10.3 Å². The van der Waals surface area contributed by atoms with Crippen LogP contribution in [-0.2, 0) is 10.0 Å². The van der Waals surface area contributed by atoms with Gasteiger partial charge in [0.1, 0.15) is 5.75 Å². The van der Waals surface area contributed by atoms with Crippen LogP contribution in [0.25, 0.3) is 0 Å². The molecule has 7 nitrogen and oxygen atoms in total. The third-order valence-corrected chi connectivity index (χ3v) is 5.61. The third-order valence-electron chi connectivity index (χ3n) is 4.23. The zero-order valence-corrected chi connectivity index (χ0v) is 16.8. The Hall–Kier alpha value is -3.39. The summed E-state index contributed by atoms with van der Waals surface area (Å²) in [5.41, 5.74) is 1.35. The number of amides is 1. The first kappa shape index (κ1) is 20.3. The van der Waals surface area contributed by atoms with Crippen LogP contribution in [0, 0.1) is 0 Å². The van der Waals surface area contributed by atoms with Crippen molar-refractivity contribution in [2.24, 2.45) is 0 Å². The number of nitrogens with one attached hydrogen (secondary N) is 2. The summed E-state index contributed by atoms with van der Waals surface area (Å²) in [6.45, 7) is 1.81. The van der Waals surface area contributed by atoms with Gasteiger partial charge in [0.25, 0.3) is 15.9 Å². The molecular weight excluding hydrogens is 390 g/mol. The summed E-state index contributed by atoms with van der Waals surface area (Å²) in [6.07, 6.45) is 1.65. The van der Waals surface area contributed by atoms with E-state index in [0.29, 0.717) is 17.1 Å². The van der Waals surface area contributed by atoms with Gasteiger partial charge < -0.3 is 10.1 Å². The molecule has 1 aromatic heterocycles. The number of nitrogens with zero attached hydrogens (tertiary/aromatic N) is 1. The van der Waals surface area contributed by atoms with Crippen molar-refractivity contribution in [3.05, 3.63) is 84.2 Å². The molecule has 1 atom stereocenters. The molecule has 0 aliphatic rings. The zero-order valence-electron chi connectivity index (χ0n) is 16.0. The van der Waals surface area contributed by atoms with E-state index in [1.165, 1.54) is 25.3 Å². The number of anilines is 1. The van der Waals surface area contributed by atoms with E-state index in [1.807, 2.05) is 19.1 Å². The lowest BCUT2D eigenvalue weighted by molar-refractivity contribution is 0.0939. The highest BCUT2D eigenvalue weighted by molar-refractivity contribution is 7.92. The molecule has 0 spiro atoms. The Kier molecular flexibility index (Phi) is 6.13. The highest BCUT2D eigenvalue weighted by atomic mass is 32.2. The minimum absolute atomic E-state index is 0.00791. The summed E-state index contributed by atoms with van der Waals surface area (Å²) in [5.74, 6) is 0.235. The summed E-state index contributed by atoms with van der Waals surface area (Å²) in [5, 5.41) is 2.82. The van der Waals surface area contributed by atoms with Crippen molar-refractivity contribution >= 4 is 21.6 Å².